The van der Waals surface area contributed by atoms with E-state index >= 15 is 0 Å². The average Bonchev–Trinajstić information content (AvgIpc) is 3.02. The SMILES string of the molecule is CC(CCCSCC1CCCO1)(NC1CC1)C(N)=O. The summed E-state index contributed by atoms with van der Waals surface area (Å²) in [6, 6.07) is 0.511. The molecule has 2 rings (SSSR count). The van der Waals surface area contributed by atoms with Crippen LogP contribution in [-0.2, 0) is 9.53 Å². The lowest BCUT2D eigenvalue weighted by Gasteiger charge is -2.27. The van der Waals surface area contributed by atoms with Gasteiger partial charge in [0.15, 0.2) is 0 Å². The highest BCUT2D eigenvalue weighted by Crippen LogP contribution is 2.25. The van der Waals surface area contributed by atoms with Crippen molar-refractivity contribution in [2.75, 3.05) is 18.1 Å². The van der Waals surface area contributed by atoms with Gasteiger partial charge in [-0.05, 0) is 51.2 Å². The molecule has 2 atom stereocenters. The maximum atomic E-state index is 11.6. The van der Waals surface area contributed by atoms with E-state index in [1.165, 1.54) is 25.7 Å². The summed E-state index contributed by atoms with van der Waals surface area (Å²) in [6.45, 7) is 2.87. The highest BCUT2D eigenvalue weighted by atomic mass is 32.2. The first-order valence-electron chi connectivity index (χ1n) is 7.37. The zero-order valence-electron chi connectivity index (χ0n) is 11.8. The molecule has 1 heterocycles. The van der Waals surface area contributed by atoms with Gasteiger partial charge in [0.05, 0.1) is 11.6 Å². The number of hydrogen-bond acceptors (Lipinski definition) is 4. The summed E-state index contributed by atoms with van der Waals surface area (Å²) in [6.07, 6.45) is 7.07. The van der Waals surface area contributed by atoms with Gasteiger partial charge in [-0.15, -0.1) is 0 Å². The first kappa shape index (κ1) is 15.1. The van der Waals surface area contributed by atoms with Crippen LogP contribution in [0.1, 0.15) is 45.4 Å². The van der Waals surface area contributed by atoms with Crippen LogP contribution >= 0.6 is 11.8 Å². The molecule has 0 radical (unpaired) electrons. The first-order chi connectivity index (χ1) is 9.10. The molecule has 3 N–H and O–H groups in total. The topological polar surface area (TPSA) is 64.3 Å². The molecule has 0 aromatic carbocycles. The number of carbonyl (C=O) groups excluding carboxylic acids is 1. The summed E-state index contributed by atoms with van der Waals surface area (Å²) in [5.41, 5.74) is 5.01. The molecule has 110 valence electrons. The summed E-state index contributed by atoms with van der Waals surface area (Å²) < 4.78 is 5.59. The molecule has 0 spiro atoms. The molecule has 0 aromatic heterocycles. The van der Waals surface area contributed by atoms with Crippen molar-refractivity contribution < 1.29 is 9.53 Å². The first-order valence-corrected chi connectivity index (χ1v) is 8.52. The normalized spacial score (nSPS) is 26.3. The summed E-state index contributed by atoms with van der Waals surface area (Å²) >= 11 is 1.93. The third kappa shape index (κ3) is 4.97. The van der Waals surface area contributed by atoms with Gasteiger partial charge in [0, 0.05) is 18.4 Å². The van der Waals surface area contributed by atoms with Crippen molar-refractivity contribution in [3.63, 3.8) is 0 Å². The predicted octanol–water partition coefficient (Wildman–Crippen LogP) is 1.67. The van der Waals surface area contributed by atoms with Crippen LogP contribution in [0.4, 0.5) is 0 Å². The Balaban J connectivity index is 1.60. The lowest BCUT2D eigenvalue weighted by atomic mass is 9.95. The molecular weight excluding hydrogens is 260 g/mol. The molecule has 0 bridgehead atoms. The maximum Gasteiger partial charge on any atom is 0.237 e. The van der Waals surface area contributed by atoms with E-state index in [2.05, 4.69) is 5.32 Å². The number of ether oxygens (including phenoxy) is 1. The predicted molar refractivity (Wildman–Crippen MR) is 79.3 cm³/mol. The van der Waals surface area contributed by atoms with Crippen molar-refractivity contribution in [3.8, 4) is 0 Å². The number of rotatable bonds is 9. The standard InChI is InChI=1S/C14H26N2O2S/c1-14(13(15)17,16-11-5-6-11)7-3-9-19-10-12-4-2-8-18-12/h11-12,16H,2-10H2,1H3,(H2,15,17). The van der Waals surface area contributed by atoms with Crippen molar-refractivity contribution in [2.45, 2.75) is 63.1 Å². The molecule has 1 saturated carbocycles. The Morgan fingerprint density at radius 3 is 2.84 bits per heavy atom. The third-order valence-electron chi connectivity index (χ3n) is 3.94. The fourth-order valence-corrected chi connectivity index (χ4v) is 3.50. The molecule has 2 fully saturated rings. The molecule has 19 heavy (non-hydrogen) atoms. The van der Waals surface area contributed by atoms with Gasteiger partial charge >= 0.3 is 0 Å². The number of amides is 1. The van der Waals surface area contributed by atoms with Crippen LogP contribution in [-0.4, -0.2) is 41.7 Å². The van der Waals surface area contributed by atoms with E-state index in [4.69, 9.17) is 10.5 Å². The largest absolute Gasteiger partial charge is 0.377 e. The van der Waals surface area contributed by atoms with Crippen molar-refractivity contribution in [1.82, 2.24) is 5.32 Å². The van der Waals surface area contributed by atoms with E-state index in [-0.39, 0.29) is 5.91 Å². The minimum Gasteiger partial charge on any atom is -0.377 e. The van der Waals surface area contributed by atoms with E-state index < -0.39 is 5.54 Å². The zero-order chi connectivity index (χ0) is 13.7. The molecule has 0 aromatic rings. The van der Waals surface area contributed by atoms with Gasteiger partial charge in [-0.25, -0.2) is 0 Å². The number of primary amides is 1. The second-order valence-corrected chi connectivity index (χ2v) is 7.08. The highest BCUT2D eigenvalue weighted by molar-refractivity contribution is 7.99. The molecule has 4 nitrogen and oxygen atoms in total. The maximum absolute atomic E-state index is 11.6. The van der Waals surface area contributed by atoms with Gasteiger partial charge in [-0.3, -0.25) is 4.79 Å². The molecule has 1 aliphatic carbocycles. The zero-order valence-corrected chi connectivity index (χ0v) is 12.6. The molecule has 2 aliphatic rings. The van der Waals surface area contributed by atoms with E-state index in [1.54, 1.807) is 0 Å². The lowest BCUT2D eigenvalue weighted by molar-refractivity contribution is -0.124. The molecule has 1 aliphatic heterocycles. The van der Waals surface area contributed by atoms with Gasteiger partial charge in [-0.2, -0.15) is 11.8 Å². The number of hydrogen-bond donors (Lipinski definition) is 2. The number of carbonyl (C=O) groups is 1. The quantitative estimate of drug-likeness (QED) is 0.633. The van der Waals surface area contributed by atoms with Crippen molar-refractivity contribution >= 4 is 17.7 Å². The monoisotopic (exact) mass is 286 g/mol. The second kappa shape index (κ2) is 6.95. The van der Waals surface area contributed by atoms with Crippen molar-refractivity contribution in [3.05, 3.63) is 0 Å². The van der Waals surface area contributed by atoms with Crippen LogP contribution in [0, 0.1) is 0 Å². The van der Waals surface area contributed by atoms with Crippen LogP contribution in [0.5, 0.6) is 0 Å². The highest BCUT2D eigenvalue weighted by Gasteiger charge is 2.36. The third-order valence-corrected chi connectivity index (χ3v) is 5.12. The second-order valence-electron chi connectivity index (χ2n) is 5.93. The summed E-state index contributed by atoms with van der Waals surface area (Å²) in [4.78, 5) is 11.6. The van der Waals surface area contributed by atoms with Crippen LogP contribution in [0.25, 0.3) is 0 Å². The Bertz CT molecular complexity index is 304. The summed E-state index contributed by atoms with van der Waals surface area (Å²) in [7, 11) is 0. The average molecular weight is 286 g/mol. The van der Waals surface area contributed by atoms with Gasteiger partial charge in [0.25, 0.3) is 0 Å². The molecule has 1 saturated heterocycles. The summed E-state index contributed by atoms with van der Waals surface area (Å²) in [5.74, 6) is 1.95. The molecule has 5 heteroatoms. The fourth-order valence-electron chi connectivity index (χ4n) is 2.46. The van der Waals surface area contributed by atoms with E-state index in [0.29, 0.717) is 12.1 Å². The van der Waals surface area contributed by atoms with E-state index in [0.717, 1.165) is 31.0 Å². The minimum atomic E-state index is -0.522. The van der Waals surface area contributed by atoms with Gasteiger partial charge in [0.2, 0.25) is 5.91 Å². The van der Waals surface area contributed by atoms with Gasteiger partial charge in [0.1, 0.15) is 0 Å². The Hall–Kier alpha value is -0.260. The minimum absolute atomic E-state index is 0.219. The number of thioether (sulfide) groups is 1. The van der Waals surface area contributed by atoms with Crippen LogP contribution in [0.15, 0.2) is 0 Å². The summed E-state index contributed by atoms with van der Waals surface area (Å²) in [5, 5.41) is 3.39. The van der Waals surface area contributed by atoms with E-state index in [1.807, 2.05) is 18.7 Å². The fraction of sp³-hybridized carbons (Fsp3) is 0.929. The lowest BCUT2D eigenvalue weighted by Crippen LogP contribution is -2.54. The smallest absolute Gasteiger partial charge is 0.237 e. The Morgan fingerprint density at radius 1 is 1.47 bits per heavy atom. The van der Waals surface area contributed by atoms with Gasteiger partial charge in [-0.1, -0.05) is 0 Å². The van der Waals surface area contributed by atoms with Gasteiger partial charge < -0.3 is 15.8 Å². The van der Waals surface area contributed by atoms with Crippen LogP contribution in [0.2, 0.25) is 0 Å². The van der Waals surface area contributed by atoms with Crippen molar-refractivity contribution in [2.24, 2.45) is 5.73 Å². The molecule has 1 amide bonds. The van der Waals surface area contributed by atoms with Crippen molar-refractivity contribution in [1.29, 1.82) is 0 Å². The molecule has 2 unspecified atom stereocenters. The van der Waals surface area contributed by atoms with Crippen LogP contribution in [0.3, 0.4) is 0 Å². The van der Waals surface area contributed by atoms with Crippen LogP contribution < -0.4 is 11.1 Å². The number of nitrogens with one attached hydrogen (secondary N) is 1. The Kier molecular flexibility index (Phi) is 5.54. The Labute approximate surface area is 120 Å². The van der Waals surface area contributed by atoms with E-state index in [9.17, 15) is 4.79 Å². The Morgan fingerprint density at radius 2 is 2.26 bits per heavy atom. The number of nitrogens with two attached hydrogens (primary N) is 1. The molecular formula is C14H26N2O2S.